The van der Waals surface area contributed by atoms with Crippen molar-refractivity contribution >= 4 is 0 Å². The monoisotopic (exact) mass is 205 g/mol. The summed E-state index contributed by atoms with van der Waals surface area (Å²) in [5, 5.41) is 12.6. The first-order valence-electron chi connectivity index (χ1n) is 5.03. The van der Waals surface area contributed by atoms with Gasteiger partial charge in [-0.05, 0) is 20.8 Å². The molecule has 1 atom stereocenters. The van der Waals surface area contributed by atoms with Crippen molar-refractivity contribution in [2.24, 2.45) is 0 Å². The highest BCUT2D eigenvalue weighted by molar-refractivity contribution is 4.72. The van der Waals surface area contributed by atoms with Crippen LogP contribution in [0.1, 0.15) is 20.8 Å². The van der Waals surface area contributed by atoms with Crippen molar-refractivity contribution in [2.75, 3.05) is 33.4 Å². The second-order valence-electron chi connectivity index (χ2n) is 3.91. The zero-order valence-electron chi connectivity index (χ0n) is 9.67. The summed E-state index contributed by atoms with van der Waals surface area (Å²) in [5.41, 5.74) is -0.189. The molecule has 4 nitrogen and oxygen atoms in total. The minimum atomic E-state index is -0.442. The van der Waals surface area contributed by atoms with Crippen molar-refractivity contribution in [3.8, 4) is 0 Å². The van der Waals surface area contributed by atoms with Crippen LogP contribution in [0, 0.1) is 0 Å². The van der Waals surface area contributed by atoms with Gasteiger partial charge in [-0.25, -0.2) is 0 Å². The van der Waals surface area contributed by atoms with E-state index in [1.807, 2.05) is 20.8 Å². The topological polar surface area (TPSA) is 50.7 Å². The molecule has 0 aliphatic heterocycles. The van der Waals surface area contributed by atoms with Crippen LogP contribution in [0.25, 0.3) is 0 Å². The highest BCUT2D eigenvalue weighted by Crippen LogP contribution is 2.04. The van der Waals surface area contributed by atoms with E-state index >= 15 is 0 Å². The van der Waals surface area contributed by atoms with Crippen LogP contribution in [0.5, 0.6) is 0 Å². The Balaban J connectivity index is 3.43. The van der Waals surface area contributed by atoms with Gasteiger partial charge in [0.05, 0.1) is 18.3 Å². The normalized spacial score (nSPS) is 14.4. The average molecular weight is 205 g/mol. The molecule has 0 amide bonds. The van der Waals surface area contributed by atoms with Gasteiger partial charge >= 0.3 is 0 Å². The Kier molecular flexibility index (Phi) is 7.09. The molecule has 0 rings (SSSR count). The van der Waals surface area contributed by atoms with E-state index in [0.717, 1.165) is 0 Å². The number of nitrogens with one attached hydrogen (secondary N) is 1. The number of hydrogen-bond acceptors (Lipinski definition) is 4. The van der Waals surface area contributed by atoms with Gasteiger partial charge in [0.25, 0.3) is 0 Å². The number of aliphatic hydroxyl groups excluding tert-OH is 1. The molecule has 0 aromatic rings. The Hall–Kier alpha value is -0.160. The number of ether oxygens (including phenoxy) is 2. The fourth-order valence-corrected chi connectivity index (χ4v) is 0.925. The van der Waals surface area contributed by atoms with Crippen molar-refractivity contribution in [2.45, 2.75) is 32.5 Å². The molecule has 4 heteroatoms. The maximum absolute atomic E-state index is 9.42. The third kappa shape index (κ3) is 7.26. The highest BCUT2D eigenvalue weighted by Gasteiger charge is 2.15. The second kappa shape index (κ2) is 7.17. The number of methoxy groups -OCH3 is 1. The Morgan fingerprint density at radius 3 is 2.57 bits per heavy atom. The lowest BCUT2D eigenvalue weighted by molar-refractivity contribution is 0.0132. The fraction of sp³-hybridized carbons (Fsp3) is 1.00. The maximum atomic E-state index is 9.42. The number of hydrogen-bond donors (Lipinski definition) is 2. The van der Waals surface area contributed by atoms with Crippen LogP contribution in [-0.2, 0) is 9.47 Å². The predicted octanol–water partition coefficient (Wildman–Crippen LogP) is 0.398. The molecule has 0 aromatic heterocycles. The molecule has 0 aliphatic carbocycles. The molecule has 0 fully saturated rings. The summed E-state index contributed by atoms with van der Waals surface area (Å²) < 4.78 is 10.3. The van der Waals surface area contributed by atoms with Crippen LogP contribution in [0.4, 0.5) is 0 Å². The molecule has 1 unspecified atom stereocenters. The molecule has 0 radical (unpaired) electrons. The Morgan fingerprint density at radius 2 is 2.07 bits per heavy atom. The molecule has 0 bridgehead atoms. The smallest absolute Gasteiger partial charge is 0.0897 e. The largest absolute Gasteiger partial charge is 0.389 e. The van der Waals surface area contributed by atoms with E-state index in [1.165, 1.54) is 0 Å². The number of aliphatic hydroxyl groups is 1. The summed E-state index contributed by atoms with van der Waals surface area (Å²) in [6, 6.07) is 0. The van der Waals surface area contributed by atoms with Crippen LogP contribution >= 0.6 is 0 Å². The second-order valence-corrected chi connectivity index (χ2v) is 3.91. The third-order valence-electron chi connectivity index (χ3n) is 2.00. The number of rotatable bonds is 8. The van der Waals surface area contributed by atoms with Crippen molar-refractivity contribution in [3.63, 3.8) is 0 Å². The molecule has 0 aliphatic rings. The van der Waals surface area contributed by atoms with E-state index in [0.29, 0.717) is 26.3 Å². The SMILES string of the molecule is CCOCC(O)CNCC(C)(C)OC. The molecular formula is C10H23NO3. The quantitative estimate of drug-likeness (QED) is 0.602. The van der Waals surface area contributed by atoms with Crippen molar-refractivity contribution in [1.29, 1.82) is 0 Å². The van der Waals surface area contributed by atoms with E-state index in [4.69, 9.17) is 9.47 Å². The van der Waals surface area contributed by atoms with E-state index in [2.05, 4.69) is 5.32 Å². The molecule has 0 heterocycles. The van der Waals surface area contributed by atoms with Crippen molar-refractivity contribution in [3.05, 3.63) is 0 Å². The van der Waals surface area contributed by atoms with Gasteiger partial charge in [0.15, 0.2) is 0 Å². The van der Waals surface area contributed by atoms with Crippen LogP contribution < -0.4 is 5.32 Å². The lowest BCUT2D eigenvalue weighted by Crippen LogP contribution is -2.40. The molecule has 0 saturated carbocycles. The van der Waals surface area contributed by atoms with Crippen LogP contribution in [0.2, 0.25) is 0 Å². The van der Waals surface area contributed by atoms with E-state index in [-0.39, 0.29) is 5.60 Å². The van der Waals surface area contributed by atoms with Gasteiger partial charge in [0.2, 0.25) is 0 Å². The summed E-state index contributed by atoms with van der Waals surface area (Å²) in [4.78, 5) is 0. The average Bonchev–Trinajstić information content (AvgIpc) is 2.14. The molecule has 14 heavy (non-hydrogen) atoms. The third-order valence-corrected chi connectivity index (χ3v) is 2.00. The Labute approximate surface area is 86.6 Å². The first-order valence-corrected chi connectivity index (χ1v) is 5.03. The van der Waals surface area contributed by atoms with Crippen LogP contribution in [0.3, 0.4) is 0 Å². The van der Waals surface area contributed by atoms with Gasteiger partial charge < -0.3 is 19.9 Å². The zero-order valence-corrected chi connectivity index (χ0v) is 9.67. The lowest BCUT2D eigenvalue weighted by atomic mass is 10.1. The first kappa shape index (κ1) is 13.8. The zero-order chi connectivity index (χ0) is 11.0. The van der Waals surface area contributed by atoms with E-state index in [9.17, 15) is 5.11 Å². The summed E-state index contributed by atoms with van der Waals surface area (Å²) in [6.07, 6.45) is -0.442. The first-order chi connectivity index (χ1) is 6.52. The van der Waals surface area contributed by atoms with Gasteiger partial charge in [-0.3, -0.25) is 0 Å². The van der Waals surface area contributed by atoms with Crippen LogP contribution in [-0.4, -0.2) is 50.2 Å². The van der Waals surface area contributed by atoms with Gasteiger partial charge in [0, 0.05) is 26.8 Å². The summed E-state index contributed by atoms with van der Waals surface area (Å²) in [5.74, 6) is 0. The van der Waals surface area contributed by atoms with Crippen molar-refractivity contribution < 1.29 is 14.6 Å². The molecule has 86 valence electrons. The minimum absolute atomic E-state index is 0.189. The summed E-state index contributed by atoms with van der Waals surface area (Å²) >= 11 is 0. The summed E-state index contributed by atoms with van der Waals surface area (Å²) in [6.45, 7) is 8.18. The molecule has 0 spiro atoms. The van der Waals surface area contributed by atoms with Gasteiger partial charge in [-0.1, -0.05) is 0 Å². The maximum Gasteiger partial charge on any atom is 0.0897 e. The fourth-order valence-electron chi connectivity index (χ4n) is 0.925. The molecule has 0 saturated heterocycles. The standard InChI is InChI=1S/C10H23NO3/c1-5-14-7-9(12)6-11-8-10(2,3)13-4/h9,11-12H,5-8H2,1-4H3. The van der Waals surface area contributed by atoms with Gasteiger partial charge in [-0.2, -0.15) is 0 Å². The Morgan fingerprint density at radius 1 is 1.43 bits per heavy atom. The van der Waals surface area contributed by atoms with Crippen molar-refractivity contribution in [1.82, 2.24) is 5.32 Å². The molecule has 2 N–H and O–H groups in total. The highest BCUT2D eigenvalue weighted by atomic mass is 16.5. The van der Waals surface area contributed by atoms with E-state index in [1.54, 1.807) is 7.11 Å². The molecular weight excluding hydrogens is 182 g/mol. The predicted molar refractivity (Wildman–Crippen MR) is 56.5 cm³/mol. The Bertz CT molecular complexity index is 139. The summed E-state index contributed by atoms with van der Waals surface area (Å²) in [7, 11) is 1.68. The minimum Gasteiger partial charge on any atom is -0.389 e. The van der Waals surface area contributed by atoms with E-state index < -0.39 is 6.10 Å². The van der Waals surface area contributed by atoms with Crippen LogP contribution in [0.15, 0.2) is 0 Å². The molecule has 0 aromatic carbocycles. The lowest BCUT2D eigenvalue weighted by Gasteiger charge is -2.24. The van der Waals surface area contributed by atoms with Gasteiger partial charge in [0.1, 0.15) is 0 Å². The van der Waals surface area contributed by atoms with Gasteiger partial charge in [-0.15, -0.1) is 0 Å².